The quantitative estimate of drug-likeness (QED) is 0.886. The topological polar surface area (TPSA) is 23.5 Å². The zero-order valence-corrected chi connectivity index (χ0v) is 12.3. The van der Waals surface area contributed by atoms with Gasteiger partial charge in [0.05, 0.1) is 0 Å². The average Bonchev–Trinajstić information content (AvgIpc) is 2.62. The van der Waals surface area contributed by atoms with E-state index in [4.69, 9.17) is 0 Å². The minimum Gasteiger partial charge on any atom is -0.508 e. The van der Waals surface area contributed by atoms with Crippen molar-refractivity contribution in [3.05, 3.63) is 29.8 Å². The molecule has 2 rings (SSSR count). The lowest BCUT2D eigenvalue weighted by molar-refractivity contribution is 0.150. The first-order valence-corrected chi connectivity index (χ1v) is 7.70. The SMILES string of the molecule is CC1CCCCCN1C(C)CCc1ccc(O)cc1. The van der Waals surface area contributed by atoms with Crippen molar-refractivity contribution in [3.8, 4) is 5.75 Å². The minimum absolute atomic E-state index is 0.359. The second-order valence-corrected chi connectivity index (χ2v) is 5.99. The first-order chi connectivity index (χ1) is 9.16. The van der Waals surface area contributed by atoms with Crippen molar-refractivity contribution < 1.29 is 5.11 Å². The number of rotatable bonds is 4. The van der Waals surface area contributed by atoms with Crippen LogP contribution in [0.1, 0.15) is 51.5 Å². The van der Waals surface area contributed by atoms with Crippen molar-refractivity contribution in [1.29, 1.82) is 0 Å². The Morgan fingerprint density at radius 3 is 2.68 bits per heavy atom. The number of benzene rings is 1. The standard InChI is InChI=1S/C17H27NO/c1-14-6-4-3-5-13-18(14)15(2)7-8-16-9-11-17(19)12-10-16/h9-12,14-15,19H,3-8,13H2,1-2H3. The Hall–Kier alpha value is -1.02. The molecule has 2 unspecified atom stereocenters. The monoisotopic (exact) mass is 261 g/mol. The molecule has 106 valence electrons. The van der Waals surface area contributed by atoms with Gasteiger partial charge in [-0.1, -0.05) is 25.0 Å². The Morgan fingerprint density at radius 2 is 1.95 bits per heavy atom. The van der Waals surface area contributed by atoms with Crippen LogP contribution >= 0.6 is 0 Å². The predicted molar refractivity (Wildman–Crippen MR) is 80.5 cm³/mol. The zero-order valence-electron chi connectivity index (χ0n) is 12.3. The third-order valence-corrected chi connectivity index (χ3v) is 4.46. The van der Waals surface area contributed by atoms with Crippen LogP contribution in [0.15, 0.2) is 24.3 Å². The normalized spacial score (nSPS) is 22.9. The fourth-order valence-corrected chi connectivity index (χ4v) is 3.16. The van der Waals surface area contributed by atoms with Gasteiger partial charge in [-0.25, -0.2) is 0 Å². The fraction of sp³-hybridized carbons (Fsp3) is 0.647. The van der Waals surface area contributed by atoms with Gasteiger partial charge in [0.15, 0.2) is 0 Å². The van der Waals surface area contributed by atoms with Gasteiger partial charge < -0.3 is 5.11 Å². The lowest BCUT2D eigenvalue weighted by Crippen LogP contribution is -2.40. The highest BCUT2D eigenvalue weighted by atomic mass is 16.3. The van der Waals surface area contributed by atoms with Crippen LogP contribution in [0.2, 0.25) is 0 Å². The van der Waals surface area contributed by atoms with Gasteiger partial charge in [0.1, 0.15) is 5.75 Å². The van der Waals surface area contributed by atoms with E-state index in [9.17, 15) is 5.11 Å². The van der Waals surface area contributed by atoms with Gasteiger partial charge in [0.2, 0.25) is 0 Å². The number of nitrogens with zero attached hydrogens (tertiary/aromatic N) is 1. The van der Waals surface area contributed by atoms with Crippen LogP contribution in [0, 0.1) is 0 Å². The summed E-state index contributed by atoms with van der Waals surface area (Å²) in [6, 6.07) is 9.03. The highest BCUT2D eigenvalue weighted by Gasteiger charge is 2.21. The molecule has 1 aliphatic heterocycles. The van der Waals surface area contributed by atoms with Crippen LogP contribution in [0.3, 0.4) is 0 Å². The fourth-order valence-electron chi connectivity index (χ4n) is 3.16. The third kappa shape index (κ3) is 4.24. The van der Waals surface area contributed by atoms with Crippen LogP contribution < -0.4 is 0 Å². The van der Waals surface area contributed by atoms with Gasteiger partial charge in [-0.3, -0.25) is 4.90 Å². The molecule has 1 aromatic carbocycles. The van der Waals surface area contributed by atoms with Gasteiger partial charge in [-0.15, -0.1) is 0 Å². The second-order valence-electron chi connectivity index (χ2n) is 5.99. The molecule has 0 spiro atoms. The summed E-state index contributed by atoms with van der Waals surface area (Å²) in [6.07, 6.45) is 7.80. The number of phenolic OH excluding ortho intramolecular Hbond substituents is 1. The second kappa shape index (κ2) is 6.95. The molecule has 0 aromatic heterocycles. The molecular formula is C17H27NO. The Labute approximate surface area is 117 Å². The maximum absolute atomic E-state index is 9.30. The van der Waals surface area contributed by atoms with Gasteiger partial charge in [0.25, 0.3) is 0 Å². The van der Waals surface area contributed by atoms with Gasteiger partial charge in [-0.05, 0) is 63.8 Å². The highest BCUT2D eigenvalue weighted by molar-refractivity contribution is 5.25. The van der Waals surface area contributed by atoms with Crippen LogP contribution in [-0.2, 0) is 6.42 Å². The molecule has 0 amide bonds. The van der Waals surface area contributed by atoms with E-state index < -0.39 is 0 Å². The maximum Gasteiger partial charge on any atom is 0.115 e. The maximum atomic E-state index is 9.30. The van der Waals surface area contributed by atoms with Crippen LogP contribution in [0.4, 0.5) is 0 Å². The first kappa shape index (κ1) is 14.4. The van der Waals surface area contributed by atoms with Crippen molar-refractivity contribution in [2.24, 2.45) is 0 Å². The molecule has 0 bridgehead atoms. The lowest BCUT2D eigenvalue weighted by Gasteiger charge is -2.33. The molecule has 0 radical (unpaired) electrons. The van der Waals surface area contributed by atoms with Crippen molar-refractivity contribution in [2.45, 2.75) is 64.5 Å². The molecule has 2 nitrogen and oxygen atoms in total. The van der Waals surface area contributed by atoms with E-state index in [2.05, 4.69) is 18.7 Å². The van der Waals surface area contributed by atoms with E-state index in [0.29, 0.717) is 11.8 Å². The summed E-state index contributed by atoms with van der Waals surface area (Å²) in [7, 11) is 0. The smallest absolute Gasteiger partial charge is 0.115 e. The Bertz CT molecular complexity index is 373. The van der Waals surface area contributed by atoms with Gasteiger partial charge in [0, 0.05) is 12.1 Å². The van der Waals surface area contributed by atoms with Gasteiger partial charge >= 0.3 is 0 Å². The first-order valence-electron chi connectivity index (χ1n) is 7.70. The molecule has 1 aromatic rings. The van der Waals surface area contributed by atoms with Crippen molar-refractivity contribution in [2.75, 3.05) is 6.54 Å². The number of hydrogen-bond donors (Lipinski definition) is 1. The molecule has 2 atom stereocenters. The Balaban J connectivity index is 1.85. The largest absolute Gasteiger partial charge is 0.508 e. The molecule has 19 heavy (non-hydrogen) atoms. The molecule has 1 aliphatic rings. The van der Waals surface area contributed by atoms with E-state index in [-0.39, 0.29) is 0 Å². The summed E-state index contributed by atoms with van der Waals surface area (Å²) in [6.45, 7) is 6.00. The third-order valence-electron chi connectivity index (χ3n) is 4.46. The summed E-state index contributed by atoms with van der Waals surface area (Å²) in [5.74, 6) is 0.359. The summed E-state index contributed by atoms with van der Waals surface area (Å²) in [5, 5.41) is 9.30. The van der Waals surface area contributed by atoms with Crippen LogP contribution in [0.5, 0.6) is 5.75 Å². The minimum atomic E-state index is 0.359. The molecule has 1 fully saturated rings. The average molecular weight is 261 g/mol. The molecule has 0 saturated carbocycles. The van der Waals surface area contributed by atoms with E-state index in [1.807, 2.05) is 12.1 Å². The number of likely N-dealkylation sites (tertiary alicyclic amines) is 1. The van der Waals surface area contributed by atoms with E-state index in [1.54, 1.807) is 12.1 Å². The molecule has 1 saturated heterocycles. The lowest BCUT2D eigenvalue weighted by atomic mass is 10.0. The van der Waals surface area contributed by atoms with Crippen molar-refractivity contribution >= 4 is 0 Å². The summed E-state index contributed by atoms with van der Waals surface area (Å²) in [4.78, 5) is 2.69. The van der Waals surface area contributed by atoms with Gasteiger partial charge in [-0.2, -0.15) is 0 Å². The summed E-state index contributed by atoms with van der Waals surface area (Å²) in [5.41, 5.74) is 1.33. The Kier molecular flexibility index (Phi) is 5.26. The van der Waals surface area contributed by atoms with Crippen molar-refractivity contribution in [3.63, 3.8) is 0 Å². The molecule has 1 N–H and O–H groups in total. The molecule has 2 heteroatoms. The number of aryl methyl sites for hydroxylation is 1. The summed E-state index contributed by atoms with van der Waals surface area (Å²) < 4.78 is 0. The number of aromatic hydroxyl groups is 1. The van der Waals surface area contributed by atoms with E-state index in [0.717, 1.165) is 12.5 Å². The Morgan fingerprint density at radius 1 is 1.21 bits per heavy atom. The van der Waals surface area contributed by atoms with Crippen LogP contribution in [0.25, 0.3) is 0 Å². The van der Waals surface area contributed by atoms with E-state index >= 15 is 0 Å². The predicted octanol–water partition coefficient (Wildman–Crippen LogP) is 3.98. The van der Waals surface area contributed by atoms with E-state index in [1.165, 1.54) is 44.2 Å². The number of hydrogen-bond acceptors (Lipinski definition) is 2. The van der Waals surface area contributed by atoms with Crippen LogP contribution in [-0.4, -0.2) is 28.6 Å². The number of phenols is 1. The molecule has 0 aliphatic carbocycles. The zero-order chi connectivity index (χ0) is 13.7. The van der Waals surface area contributed by atoms with Crippen molar-refractivity contribution in [1.82, 2.24) is 4.90 Å². The summed E-state index contributed by atoms with van der Waals surface area (Å²) >= 11 is 0. The molecule has 1 heterocycles. The molecular weight excluding hydrogens is 234 g/mol. The highest BCUT2D eigenvalue weighted by Crippen LogP contribution is 2.21.